The predicted octanol–water partition coefficient (Wildman–Crippen LogP) is -4.55. The molecule has 8 N–H and O–H groups in total. The normalized spacial score (nSPS) is 48.5. The third-order valence-electron chi connectivity index (χ3n) is 4.67. The molecule has 0 aromatic heterocycles. The molecule has 0 aromatic carbocycles. The van der Waals surface area contributed by atoms with Crippen molar-refractivity contribution in [3.05, 3.63) is 0 Å². The highest BCUT2D eigenvalue weighted by atomic mass is 16.7. The second-order valence-electron chi connectivity index (χ2n) is 6.15. The first-order valence-electron chi connectivity index (χ1n) is 8.07. The first-order valence-corrected chi connectivity index (χ1v) is 8.07. The standard InChI is InChI=1S/C14H28N2O9/c1-16-8-10(20)12(6(4-18)23-13(8)21)25-14-7(15)9(19)11(22-2)5(3-17)24-14/h5-14,16-21H,3-4,15H2,1-2H3. The Bertz CT molecular complexity index is 416. The molecule has 0 amide bonds. The van der Waals surface area contributed by atoms with Crippen molar-refractivity contribution < 1.29 is 44.5 Å². The molecule has 0 bridgehead atoms. The molecule has 2 aliphatic rings. The van der Waals surface area contributed by atoms with E-state index >= 15 is 0 Å². The monoisotopic (exact) mass is 368 g/mol. The molecule has 0 aromatic rings. The Labute approximate surface area is 145 Å². The molecule has 11 heteroatoms. The summed E-state index contributed by atoms with van der Waals surface area (Å²) in [6, 6.07) is -1.89. The molecular formula is C14H28N2O9. The minimum Gasteiger partial charge on any atom is -0.394 e. The zero-order valence-electron chi connectivity index (χ0n) is 14.1. The van der Waals surface area contributed by atoms with Crippen molar-refractivity contribution in [3.63, 3.8) is 0 Å². The first-order chi connectivity index (χ1) is 11.9. The van der Waals surface area contributed by atoms with Crippen LogP contribution in [-0.4, -0.2) is 114 Å². The highest BCUT2D eigenvalue weighted by Crippen LogP contribution is 2.28. The summed E-state index contributed by atoms with van der Waals surface area (Å²) in [5, 5.41) is 52.1. The van der Waals surface area contributed by atoms with Crippen molar-refractivity contribution >= 4 is 0 Å². The summed E-state index contributed by atoms with van der Waals surface area (Å²) >= 11 is 0. The fourth-order valence-electron chi connectivity index (χ4n) is 3.22. The van der Waals surface area contributed by atoms with Gasteiger partial charge in [0.25, 0.3) is 0 Å². The van der Waals surface area contributed by atoms with Gasteiger partial charge in [0.1, 0.15) is 36.6 Å². The van der Waals surface area contributed by atoms with Crippen LogP contribution in [0.3, 0.4) is 0 Å². The molecule has 0 saturated carbocycles. The predicted molar refractivity (Wildman–Crippen MR) is 82.2 cm³/mol. The molecule has 2 rings (SSSR count). The lowest BCUT2D eigenvalue weighted by Gasteiger charge is -2.47. The lowest BCUT2D eigenvalue weighted by molar-refractivity contribution is -0.327. The van der Waals surface area contributed by atoms with Crippen molar-refractivity contribution in [2.45, 2.75) is 61.3 Å². The minimum absolute atomic E-state index is 0.437. The third kappa shape index (κ3) is 4.12. The number of nitrogens with one attached hydrogen (secondary N) is 1. The van der Waals surface area contributed by atoms with E-state index < -0.39 is 74.5 Å². The van der Waals surface area contributed by atoms with Crippen LogP contribution in [0, 0.1) is 0 Å². The van der Waals surface area contributed by atoms with Crippen LogP contribution in [0.1, 0.15) is 0 Å². The number of aliphatic hydroxyl groups excluding tert-OH is 5. The molecule has 11 nitrogen and oxygen atoms in total. The summed E-state index contributed by atoms with van der Waals surface area (Å²) in [5.74, 6) is 0. The van der Waals surface area contributed by atoms with Gasteiger partial charge in [-0.05, 0) is 7.05 Å². The van der Waals surface area contributed by atoms with Gasteiger partial charge in [-0.2, -0.15) is 0 Å². The second kappa shape index (κ2) is 8.97. The SMILES string of the molecule is CNC1C(O)OC(CO)C(OC2OC(CO)C(OC)C(O)C2N)C1O. The quantitative estimate of drug-likeness (QED) is 0.240. The molecule has 0 spiro atoms. The van der Waals surface area contributed by atoms with Gasteiger partial charge in [-0.15, -0.1) is 0 Å². The molecule has 0 radical (unpaired) electrons. The Morgan fingerprint density at radius 2 is 1.60 bits per heavy atom. The Kier molecular flexibility index (Phi) is 7.49. The number of hydrogen-bond acceptors (Lipinski definition) is 11. The van der Waals surface area contributed by atoms with E-state index in [4.69, 9.17) is 24.7 Å². The van der Waals surface area contributed by atoms with E-state index in [0.29, 0.717) is 0 Å². The molecule has 10 unspecified atom stereocenters. The number of hydrogen-bond donors (Lipinski definition) is 7. The summed E-state index contributed by atoms with van der Waals surface area (Å²) in [5.41, 5.74) is 5.94. The van der Waals surface area contributed by atoms with Gasteiger partial charge < -0.3 is 55.5 Å². The molecule has 2 heterocycles. The Morgan fingerprint density at radius 1 is 1.00 bits per heavy atom. The smallest absolute Gasteiger partial charge is 0.176 e. The topological polar surface area (TPSA) is 176 Å². The van der Waals surface area contributed by atoms with Gasteiger partial charge in [0.2, 0.25) is 0 Å². The van der Waals surface area contributed by atoms with Crippen molar-refractivity contribution in [2.75, 3.05) is 27.4 Å². The average molecular weight is 368 g/mol. The fraction of sp³-hybridized carbons (Fsp3) is 1.00. The number of methoxy groups -OCH3 is 1. The molecule has 10 atom stereocenters. The maximum atomic E-state index is 10.4. The van der Waals surface area contributed by atoms with Crippen molar-refractivity contribution in [1.29, 1.82) is 0 Å². The third-order valence-corrected chi connectivity index (χ3v) is 4.67. The van der Waals surface area contributed by atoms with E-state index in [2.05, 4.69) is 5.32 Å². The Balaban J connectivity index is 2.15. The van der Waals surface area contributed by atoms with Crippen LogP contribution in [0.5, 0.6) is 0 Å². The van der Waals surface area contributed by atoms with E-state index in [9.17, 15) is 25.5 Å². The molecule has 2 fully saturated rings. The van der Waals surface area contributed by atoms with Crippen LogP contribution in [0.15, 0.2) is 0 Å². The van der Waals surface area contributed by atoms with E-state index in [-0.39, 0.29) is 0 Å². The molecule has 2 saturated heterocycles. The first kappa shape index (κ1) is 20.9. The van der Waals surface area contributed by atoms with E-state index in [1.54, 1.807) is 0 Å². The maximum absolute atomic E-state index is 10.4. The van der Waals surface area contributed by atoms with Gasteiger partial charge in [0, 0.05) is 7.11 Å². The summed E-state index contributed by atoms with van der Waals surface area (Å²) in [4.78, 5) is 0. The molecular weight excluding hydrogens is 340 g/mol. The van der Waals surface area contributed by atoms with Gasteiger partial charge in [0.05, 0.1) is 25.3 Å². The van der Waals surface area contributed by atoms with Gasteiger partial charge in [-0.1, -0.05) is 0 Å². The van der Waals surface area contributed by atoms with Crippen LogP contribution in [0.4, 0.5) is 0 Å². The lowest BCUT2D eigenvalue weighted by Crippen LogP contribution is -2.67. The van der Waals surface area contributed by atoms with Crippen LogP contribution < -0.4 is 11.1 Å². The number of aliphatic hydroxyl groups is 5. The number of rotatable bonds is 6. The zero-order valence-corrected chi connectivity index (χ0v) is 14.1. The average Bonchev–Trinajstić information content (AvgIpc) is 2.60. The van der Waals surface area contributed by atoms with Gasteiger partial charge in [0.15, 0.2) is 12.6 Å². The van der Waals surface area contributed by atoms with Crippen LogP contribution in [0.2, 0.25) is 0 Å². The number of ether oxygens (including phenoxy) is 4. The fourth-order valence-corrected chi connectivity index (χ4v) is 3.22. The zero-order chi connectivity index (χ0) is 18.7. The van der Waals surface area contributed by atoms with Gasteiger partial charge in [-0.3, -0.25) is 0 Å². The van der Waals surface area contributed by atoms with E-state index in [1.165, 1.54) is 14.2 Å². The Hall–Kier alpha value is -0.440. The molecule has 25 heavy (non-hydrogen) atoms. The van der Waals surface area contributed by atoms with Gasteiger partial charge >= 0.3 is 0 Å². The van der Waals surface area contributed by atoms with Crippen LogP contribution in [-0.2, 0) is 18.9 Å². The highest BCUT2D eigenvalue weighted by molar-refractivity contribution is 4.97. The Morgan fingerprint density at radius 3 is 2.12 bits per heavy atom. The van der Waals surface area contributed by atoms with E-state index in [1.807, 2.05) is 0 Å². The summed E-state index contributed by atoms with van der Waals surface area (Å²) in [6.07, 6.45) is -8.80. The van der Waals surface area contributed by atoms with Crippen molar-refractivity contribution in [2.24, 2.45) is 5.73 Å². The minimum atomic E-state index is -1.34. The maximum Gasteiger partial charge on any atom is 0.176 e. The lowest BCUT2D eigenvalue weighted by atomic mass is 9.95. The van der Waals surface area contributed by atoms with Crippen LogP contribution in [0.25, 0.3) is 0 Å². The molecule has 148 valence electrons. The summed E-state index contributed by atoms with van der Waals surface area (Å²) in [6.45, 7) is -0.961. The second-order valence-corrected chi connectivity index (χ2v) is 6.15. The molecule has 2 aliphatic heterocycles. The van der Waals surface area contributed by atoms with Gasteiger partial charge in [-0.25, -0.2) is 0 Å². The summed E-state index contributed by atoms with van der Waals surface area (Å²) in [7, 11) is 2.88. The van der Waals surface area contributed by atoms with Crippen LogP contribution >= 0.6 is 0 Å². The number of likely N-dealkylation sites (N-methyl/N-ethyl adjacent to an activating group) is 1. The summed E-state index contributed by atoms with van der Waals surface area (Å²) < 4.78 is 21.6. The van der Waals surface area contributed by atoms with Crippen molar-refractivity contribution in [3.8, 4) is 0 Å². The van der Waals surface area contributed by atoms with E-state index in [0.717, 1.165) is 0 Å². The highest BCUT2D eigenvalue weighted by Gasteiger charge is 2.50. The molecule has 0 aliphatic carbocycles. The largest absolute Gasteiger partial charge is 0.394 e. The number of nitrogens with two attached hydrogens (primary N) is 1. The van der Waals surface area contributed by atoms with Crippen molar-refractivity contribution in [1.82, 2.24) is 5.32 Å².